The van der Waals surface area contributed by atoms with Crippen molar-refractivity contribution in [3.05, 3.63) is 30.1 Å². The van der Waals surface area contributed by atoms with E-state index < -0.39 is 37.3 Å². The third kappa shape index (κ3) is 3.13. The van der Waals surface area contributed by atoms with Gasteiger partial charge in [0, 0.05) is 17.7 Å². The van der Waals surface area contributed by atoms with Crippen LogP contribution in [0.4, 0.5) is 0 Å². The number of aromatic nitrogens is 1. The molecule has 7 heteroatoms. The molecule has 2 saturated heterocycles. The van der Waals surface area contributed by atoms with Crippen molar-refractivity contribution >= 4 is 0 Å². The molecule has 1 aromatic heterocycles. The summed E-state index contributed by atoms with van der Waals surface area (Å²) in [6, 6.07) is 4.24. The molecule has 4 N–H and O–H groups in total. The van der Waals surface area contributed by atoms with E-state index in [0.717, 1.165) is 24.9 Å². The molecule has 0 radical (unpaired) electrons. The summed E-state index contributed by atoms with van der Waals surface area (Å²) in [6.07, 6.45) is 0.165. The summed E-state index contributed by atoms with van der Waals surface area (Å²) in [5.74, 6) is 0. The number of aliphatic hydroxyl groups is 4. The van der Waals surface area contributed by atoms with Gasteiger partial charge in [0.05, 0.1) is 6.61 Å². The summed E-state index contributed by atoms with van der Waals surface area (Å²) in [6.45, 7) is 0.632. The number of hydrogen-bond acceptors (Lipinski definition) is 6. The maximum atomic E-state index is 10.2. The van der Waals surface area contributed by atoms with E-state index in [-0.39, 0.29) is 0 Å². The first-order chi connectivity index (χ1) is 11.0. The van der Waals surface area contributed by atoms with Crippen LogP contribution in [0.2, 0.25) is 0 Å². The SMILES string of the molecule is CN1CCC[C@@H]1c1ccc[n+]([C@@H]2O[C@@H](CO)[C@@H](O)[C@H](O)[C@H]2O)c1. The minimum atomic E-state index is -1.36. The normalized spacial score (nSPS) is 38.8. The summed E-state index contributed by atoms with van der Waals surface area (Å²) >= 11 is 0. The second kappa shape index (κ2) is 6.80. The summed E-state index contributed by atoms with van der Waals surface area (Å²) in [5.41, 5.74) is 1.12. The van der Waals surface area contributed by atoms with Crippen molar-refractivity contribution in [2.45, 2.75) is 49.5 Å². The Morgan fingerprint density at radius 1 is 1.26 bits per heavy atom. The average Bonchev–Trinajstić information content (AvgIpc) is 2.99. The van der Waals surface area contributed by atoms with Crippen molar-refractivity contribution in [3.8, 4) is 0 Å². The number of likely N-dealkylation sites (tertiary alicyclic amines) is 1. The largest absolute Gasteiger partial charge is 0.394 e. The highest BCUT2D eigenvalue weighted by atomic mass is 16.6. The van der Waals surface area contributed by atoms with Crippen molar-refractivity contribution in [1.82, 2.24) is 4.90 Å². The number of rotatable bonds is 3. The Bertz CT molecular complexity index is 541. The monoisotopic (exact) mass is 325 g/mol. The van der Waals surface area contributed by atoms with Gasteiger partial charge in [-0.05, 0) is 32.5 Å². The topological polar surface area (TPSA) is 97.3 Å². The molecular formula is C16H25N2O5+. The lowest BCUT2D eigenvalue weighted by Gasteiger charge is -2.36. The summed E-state index contributed by atoms with van der Waals surface area (Å²) in [5, 5.41) is 39.3. The number of aliphatic hydroxyl groups excluding tert-OH is 4. The first-order valence-electron chi connectivity index (χ1n) is 8.04. The van der Waals surface area contributed by atoms with E-state index >= 15 is 0 Å². The molecule has 3 rings (SSSR count). The Morgan fingerprint density at radius 2 is 2.04 bits per heavy atom. The molecule has 0 aromatic carbocycles. The smallest absolute Gasteiger partial charge is 0.292 e. The zero-order valence-electron chi connectivity index (χ0n) is 13.2. The Kier molecular flexibility index (Phi) is 4.96. The van der Waals surface area contributed by atoms with Crippen LogP contribution in [0, 0.1) is 0 Å². The number of hydrogen-bond donors (Lipinski definition) is 4. The molecule has 0 spiro atoms. The third-order valence-corrected chi connectivity index (χ3v) is 4.91. The Morgan fingerprint density at radius 3 is 2.70 bits per heavy atom. The molecule has 0 aliphatic carbocycles. The van der Waals surface area contributed by atoms with Crippen LogP contribution >= 0.6 is 0 Å². The Labute approximate surface area is 135 Å². The van der Waals surface area contributed by atoms with Crippen molar-refractivity contribution in [2.24, 2.45) is 0 Å². The van der Waals surface area contributed by atoms with E-state index in [1.54, 1.807) is 10.8 Å². The summed E-state index contributed by atoms with van der Waals surface area (Å²) in [4.78, 5) is 2.28. The second-order valence-corrected chi connectivity index (χ2v) is 6.44. The number of pyridine rings is 1. The fourth-order valence-corrected chi connectivity index (χ4v) is 3.53. The molecule has 0 bridgehead atoms. The average molecular weight is 325 g/mol. The van der Waals surface area contributed by atoms with Gasteiger partial charge in [0.1, 0.15) is 18.3 Å². The quantitative estimate of drug-likeness (QED) is 0.517. The molecule has 2 fully saturated rings. The highest BCUT2D eigenvalue weighted by Gasteiger charge is 2.48. The molecule has 2 aliphatic heterocycles. The maximum Gasteiger partial charge on any atom is 0.292 e. The van der Waals surface area contributed by atoms with E-state index in [1.165, 1.54) is 0 Å². The van der Waals surface area contributed by atoms with Gasteiger partial charge >= 0.3 is 0 Å². The lowest BCUT2D eigenvalue weighted by molar-refractivity contribution is -0.778. The highest BCUT2D eigenvalue weighted by Crippen LogP contribution is 2.30. The van der Waals surface area contributed by atoms with Crippen LogP contribution in [0.3, 0.4) is 0 Å². The summed E-state index contributed by atoms with van der Waals surface area (Å²) < 4.78 is 7.30. The first-order valence-corrected chi connectivity index (χ1v) is 8.04. The van der Waals surface area contributed by atoms with Gasteiger partial charge in [-0.1, -0.05) is 0 Å². The molecule has 0 amide bonds. The van der Waals surface area contributed by atoms with Crippen LogP contribution in [-0.2, 0) is 4.74 Å². The molecule has 128 valence electrons. The van der Waals surface area contributed by atoms with Gasteiger partial charge in [0.15, 0.2) is 18.5 Å². The fraction of sp³-hybridized carbons (Fsp3) is 0.688. The minimum Gasteiger partial charge on any atom is -0.394 e. The highest BCUT2D eigenvalue weighted by molar-refractivity contribution is 5.13. The van der Waals surface area contributed by atoms with Crippen LogP contribution in [-0.4, -0.2) is 69.9 Å². The van der Waals surface area contributed by atoms with Gasteiger partial charge in [0.2, 0.25) is 0 Å². The molecule has 3 heterocycles. The second-order valence-electron chi connectivity index (χ2n) is 6.44. The van der Waals surface area contributed by atoms with Crippen molar-refractivity contribution in [2.75, 3.05) is 20.2 Å². The van der Waals surface area contributed by atoms with Gasteiger partial charge < -0.3 is 25.2 Å². The van der Waals surface area contributed by atoms with Crippen LogP contribution in [0.25, 0.3) is 0 Å². The molecule has 23 heavy (non-hydrogen) atoms. The van der Waals surface area contributed by atoms with Gasteiger partial charge in [-0.15, -0.1) is 0 Å². The zero-order valence-corrected chi connectivity index (χ0v) is 13.2. The standard InChI is InChI=1S/C16H25N2O5/c1-17-6-3-5-11(17)10-4-2-7-18(8-10)16-15(22)14(21)13(20)12(9-19)23-16/h2,4,7-8,11-16,19-22H,3,5-6,9H2,1H3/q+1/t11-,12+,13-,14+,15-,16-/m1/s1. The lowest BCUT2D eigenvalue weighted by atomic mass is 9.98. The molecule has 6 atom stereocenters. The van der Waals surface area contributed by atoms with Crippen LogP contribution < -0.4 is 4.57 Å². The van der Waals surface area contributed by atoms with Crippen molar-refractivity contribution in [3.63, 3.8) is 0 Å². The Hall–Kier alpha value is -1.09. The van der Waals surface area contributed by atoms with Gasteiger partial charge in [0.25, 0.3) is 6.23 Å². The van der Waals surface area contributed by atoms with Gasteiger partial charge in [-0.3, -0.25) is 4.90 Å². The first kappa shape index (κ1) is 16.8. The molecule has 0 saturated carbocycles. The predicted octanol–water partition coefficient (Wildman–Crippen LogP) is -1.29. The minimum absolute atomic E-state index is 0.326. The van der Waals surface area contributed by atoms with E-state index in [2.05, 4.69) is 11.9 Å². The van der Waals surface area contributed by atoms with Gasteiger partial charge in [-0.2, -0.15) is 4.57 Å². The molecule has 7 nitrogen and oxygen atoms in total. The Balaban J connectivity index is 1.85. The van der Waals surface area contributed by atoms with Crippen molar-refractivity contribution < 1.29 is 29.7 Å². The number of ether oxygens (including phenoxy) is 1. The zero-order chi connectivity index (χ0) is 16.6. The fourth-order valence-electron chi connectivity index (χ4n) is 3.53. The van der Waals surface area contributed by atoms with E-state index in [9.17, 15) is 20.4 Å². The predicted molar refractivity (Wildman–Crippen MR) is 80.3 cm³/mol. The van der Waals surface area contributed by atoms with Crippen LogP contribution in [0.15, 0.2) is 24.5 Å². The number of nitrogens with zero attached hydrogens (tertiary/aromatic N) is 2. The van der Waals surface area contributed by atoms with E-state index in [0.29, 0.717) is 6.04 Å². The molecular weight excluding hydrogens is 300 g/mol. The molecule has 1 aromatic rings. The van der Waals surface area contributed by atoms with Gasteiger partial charge in [-0.25, -0.2) is 0 Å². The van der Waals surface area contributed by atoms with Crippen molar-refractivity contribution in [1.29, 1.82) is 0 Å². The van der Waals surface area contributed by atoms with Crippen LogP contribution in [0.1, 0.15) is 30.7 Å². The summed E-state index contributed by atoms with van der Waals surface area (Å²) in [7, 11) is 2.09. The van der Waals surface area contributed by atoms with Crippen LogP contribution in [0.5, 0.6) is 0 Å². The maximum absolute atomic E-state index is 10.2. The lowest BCUT2D eigenvalue weighted by Crippen LogP contribution is -2.62. The molecule has 0 unspecified atom stereocenters. The van der Waals surface area contributed by atoms with E-state index in [1.807, 2.05) is 18.3 Å². The van der Waals surface area contributed by atoms with E-state index in [4.69, 9.17) is 4.74 Å². The third-order valence-electron chi connectivity index (χ3n) is 4.91. The molecule has 2 aliphatic rings.